The van der Waals surface area contributed by atoms with Gasteiger partial charge in [0.05, 0.1) is 0 Å². The van der Waals surface area contributed by atoms with Gasteiger partial charge in [-0.1, -0.05) is 18.2 Å². The van der Waals surface area contributed by atoms with Crippen LogP contribution in [0.3, 0.4) is 0 Å². The summed E-state index contributed by atoms with van der Waals surface area (Å²) in [4.78, 5) is 0. The van der Waals surface area contributed by atoms with Crippen LogP contribution in [0.1, 0.15) is 0 Å². The number of hydrogen-bond acceptors (Lipinski definition) is 2. The zero-order chi connectivity index (χ0) is 6.81. The number of ether oxygens (including phenoxy) is 1. The van der Waals surface area contributed by atoms with Crippen molar-refractivity contribution in [3.8, 4) is 0 Å². The quantitative estimate of drug-likeness (QED) is 0.533. The second-order valence-corrected chi connectivity index (χ2v) is 2.28. The predicted octanol–water partition coefficient (Wildman–Crippen LogP) is 0.944. The second kappa shape index (κ2) is 2.21. The highest BCUT2D eigenvalue weighted by atomic mass is 16.5. The number of allylic oxidation sites excluding steroid dienone is 3. The van der Waals surface area contributed by atoms with Gasteiger partial charge in [-0.05, 0) is 6.08 Å². The van der Waals surface area contributed by atoms with Crippen LogP contribution in [0.15, 0.2) is 35.8 Å². The first kappa shape index (κ1) is 5.59. The lowest BCUT2D eigenvalue weighted by atomic mass is 10.2. The summed E-state index contributed by atoms with van der Waals surface area (Å²) in [6.07, 6.45) is 8.23. The molecule has 0 saturated heterocycles. The van der Waals surface area contributed by atoms with Crippen LogP contribution in [-0.4, -0.2) is 13.2 Å². The Morgan fingerprint density at radius 3 is 3.10 bits per heavy atom. The van der Waals surface area contributed by atoms with E-state index in [-0.39, 0.29) is 0 Å². The smallest absolute Gasteiger partial charge is 0.194 e. The molecule has 0 atom stereocenters. The standard InChI is InChI=1S/C8H9NO/c1-3-7-4-2-6-10-8(7)9-5-1/h1-4,9H,5-6H2. The van der Waals surface area contributed by atoms with E-state index in [1.54, 1.807) is 0 Å². The van der Waals surface area contributed by atoms with Crippen LogP contribution in [0.4, 0.5) is 0 Å². The Bertz CT molecular complexity index is 203. The zero-order valence-corrected chi connectivity index (χ0v) is 5.63. The SMILES string of the molecule is C1=CC2=C(NC1)OCC=C2. The van der Waals surface area contributed by atoms with Crippen LogP contribution in [0.5, 0.6) is 0 Å². The van der Waals surface area contributed by atoms with Crippen molar-refractivity contribution in [3.05, 3.63) is 35.8 Å². The molecule has 0 spiro atoms. The van der Waals surface area contributed by atoms with Crippen LogP contribution >= 0.6 is 0 Å². The molecule has 0 aromatic rings. The van der Waals surface area contributed by atoms with Gasteiger partial charge in [0.1, 0.15) is 6.61 Å². The Hall–Kier alpha value is -1.18. The van der Waals surface area contributed by atoms with Crippen molar-refractivity contribution in [2.24, 2.45) is 0 Å². The van der Waals surface area contributed by atoms with Gasteiger partial charge in [0.2, 0.25) is 0 Å². The van der Waals surface area contributed by atoms with Gasteiger partial charge in [0.25, 0.3) is 0 Å². The zero-order valence-electron chi connectivity index (χ0n) is 5.63. The Morgan fingerprint density at radius 1 is 1.30 bits per heavy atom. The average molecular weight is 135 g/mol. The summed E-state index contributed by atoms with van der Waals surface area (Å²) in [6, 6.07) is 0. The molecule has 2 heteroatoms. The molecule has 2 aliphatic rings. The maximum atomic E-state index is 5.31. The first-order chi connectivity index (χ1) is 4.97. The maximum Gasteiger partial charge on any atom is 0.194 e. The van der Waals surface area contributed by atoms with E-state index in [0.717, 1.165) is 18.0 Å². The van der Waals surface area contributed by atoms with Crippen LogP contribution in [0.2, 0.25) is 0 Å². The molecule has 0 unspecified atom stereocenters. The summed E-state index contributed by atoms with van der Waals surface area (Å²) in [7, 11) is 0. The highest BCUT2D eigenvalue weighted by Gasteiger charge is 2.08. The van der Waals surface area contributed by atoms with Gasteiger partial charge in [0.15, 0.2) is 5.88 Å². The molecule has 0 saturated carbocycles. The molecule has 0 radical (unpaired) electrons. The predicted molar refractivity (Wildman–Crippen MR) is 39.3 cm³/mol. The third-order valence-electron chi connectivity index (χ3n) is 1.56. The first-order valence-corrected chi connectivity index (χ1v) is 3.41. The van der Waals surface area contributed by atoms with E-state index >= 15 is 0 Å². The van der Waals surface area contributed by atoms with Crippen molar-refractivity contribution in [1.82, 2.24) is 5.32 Å². The van der Waals surface area contributed by atoms with Gasteiger partial charge in [-0.3, -0.25) is 0 Å². The Morgan fingerprint density at radius 2 is 2.20 bits per heavy atom. The molecular weight excluding hydrogens is 126 g/mol. The monoisotopic (exact) mass is 135 g/mol. The summed E-state index contributed by atoms with van der Waals surface area (Å²) in [5.74, 6) is 0.921. The van der Waals surface area contributed by atoms with Crippen LogP contribution in [0, 0.1) is 0 Å². The summed E-state index contributed by atoms with van der Waals surface area (Å²) < 4.78 is 5.31. The van der Waals surface area contributed by atoms with E-state index in [2.05, 4.69) is 23.5 Å². The summed E-state index contributed by atoms with van der Waals surface area (Å²) in [6.45, 7) is 1.58. The second-order valence-electron chi connectivity index (χ2n) is 2.28. The first-order valence-electron chi connectivity index (χ1n) is 3.41. The molecular formula is C8H9NO. The molecule has 52 valence electrons. The molecule has 2 heterocycles. The number of rotatable bonds is 0. The molecule has 2 nitrogen and oxygen atoms in total. The third kappa shape index (κ3) is 0.817. The van der Waals surface area contributed by atoms with Crippen molar-refractivity contribution in [3.63, 3.8) is 0 Å². The van der Waals surface area contributed by atoms with Gasteiger partial charge in [0, 0.05) is 12.1 Å². The molecule has 10 heavy (non-hydrogen) atoms. The lowest BCUT2D eigenvalue weighted by molar-refractivity contribution is 0.217. The fourth-order valence-corrected chi connectivity index (χ4v) is 1.09. The van der Waals surface area contributed by atoms with E-state index in [4.69, 9.17) is 4.74 Å². The van der Waals surface area contributed by atoms with Crippen LogP contribution in [-0.2, 0) is 4.74 Å². The van der Waals surface area contributed by atoms with E-state index in [9.17, 15) is 0 Å². The Kier molecular flexibility index (Phi) is 1.24. The van der Waals surface area contributed by atoms with Crippen LogP contribution < -0.4 is 5.32 Å². The van der Waals surface area contributed by atoms with Gasteiger partial charge < -0.3 is 10.1 Å². The summed E-state index contributed by atoms with van der Waals surface area (Å²) in [5, 5.41) is 3.14. The van der Waals surface area contributed by atoms with Gasteiger partial charge in [-0.25, -0.2) is 0 Å². The fourth-order valence-electron chi connectivity index (χ4n) is 1.09. The highest BCUT2D eigenvalue weighted by Crippen LogP contribution is 2.14. The molecule has 0 aromatic carbocycles. The van der Waals surface area contributed by atoms with Crippen molar-refractivity contribution in [1.29, 1.82) is 0 Å². The minimum atomic E-state index is 0.694. The topological polar surface area (TPSA) is 21.3 Å². The van der Waals surface area contributed by atoms with Crippen molar-refractivity contribution >= 4 is 0 Å². The van der Waals surface area contributed by atoms with Crippen molar-refractivity contribution in [2.45, 2.75) is 0 Å². The number of dihydropyridines is 1. The minimum Gasteiger partial charge on any atom is -0.475 e. The molecule has 0 fully saturated rings. The molecule has 2 rings (SSSR count). The van der Waals surface area contributed by atoms with Gasteiger partial charge in [-0.2, -0.15) is 0 Å². The summed E-state index contributed by atoms with van der Waals surface area (Å²) in [5.41, 5.74) is 1.15. The number of nitrogens with one attached hydrogen (secondary N) is 1. The molecule has 0 aliphatic carbocycles. The largest absolute Gasteiger partial charge is 0.475 e. The van der Waals surface area contributed by atoms with Crippen molar-refractivity contribution in [2.75, 3.05) is 13.2 Å². The highest BCUT2D eigenvalue weighted by molar-refractivity contribution is 5.37. The minimum absolute atomic E-state index is 0.694. The lowest BCUT2D eigenvalue weighted by Gasteiger charge is -2.18. The van der Waals surface area contributed by atoms with E-state index < -0.39 is 0 Å². The third-order valence-corrected chi connectivity index (χ3v) is 1.56. The molecule has 0 amide bonds. The summed E-state index contributed by atoms with van der Waals surface area (Å²) >= 11 is 0. The normalized spacial score (nSPS) is 21.6. The van der Waals surface area contributed by atoms with Crippen LogP contribution in [0.25, 0.3) is 0 Å². The van der Waals surface area contributed by atoms with E-state index in [0.29, 0.717) is 6.61 Å². The van der Waals surface area contributed by atoms with E-state index in [1.165, 1.54) is 0 Å². The van der Waals surface area contributed by atoms with Gasteiger partial charge in [-0.15, -0.1) is 0 Å². The number of hydrogen-bond donors (Lipinski definition) is 1. The van der Waals surface area contributed by atoms with Gasteiger partial charge >= 0.3 is 0 Å². The molecule has 0 bridgehead atoms. The van der Waals surface area contributed by atoms with Crippen molar-refractivity contribution < 1.29 is 4.74 Å². The molecule has 0 aromatic heterocycles. The average Bonchev–Trinajstić information content (AvgIpc) is 2.05. The lowest BCUT2D eigenvalue weighted by Crippen LogP contribution is -2.21. The maximum absolute atomic E-state index is 5.31. The molecule has 1 N–H and O–H groups in total. The Labute approximate surface area is 59.9 Å². The molecule has 2 aliphatic heterocycles. The van der Waals surface area contributed by atoms with E-state index in [1.807, 2.05) is 6.08 Å². The Balaban J connectivity index is 2.32. The fraction of sp³-hybridized carbons (Fsp3) is 0.250.